The van der Waals surface area contributed by atoms with E-state index in [4.69, 9.17) is 0 Å². The third kappa shape index (κ3) is 6.03. The van der Waals surface area contributed by atoms with Gasteiger partial charge in [-0.1, -0.05) is 34.6 Å². The molecule has 0 atom stereocenters. The SMILES string of the molecule is CC.CC.CCN1CCN(C2CCC3(CCNCC3)CC2)CC1. The first-order chi connectivity index (χ1) is 11.3. The maximum atomic E-state index is 3.53. The Morgan fingerprint density at radius 2 is 1.35 bits per heavy atom. The van der Waals surface area contributed by atoms with Crippen LogP contribution in [0.1, 0.15) is 73.1 Å². The molecule has 0 bridgehead atoms. The van der Waals surface area contributed by atoms with Crippen LogP contribution in [0.2, 0.25) is 0 Å². The fraction of sp³-hybridized carbons (Fsp3) is 1.00. The van der Waals surface area contributed by atoms with Gasteiger partial charge in [-0.15, -0.1) is 0 Å². The lowest BCUT2D eigenvalue weighted by atomic mass is 9.67. The van der Waals surface area contributed by atoms with Crippen molar-refractivity contribution in [2.24, 2.45) is 5.41 Å². The number of nitrogens with zero attached hydrogens (tertiary/aromatic N) is 2. The summed E-state index contributed by atoms with van der Waals surface area (Å²) >= 11 is 0. The van der Waals surface area contributed by atoms with Gasteiger partial charge in [0.05, 0.1) is 0 Å². The van der Waals surface area contributed by atoms with Crippen molar-refractivity contribution in [2.45, 2.75) is 79.2 Å². The molecule has 3 heteroatoms. The summed E-state index contributed by atoms with van der Waals surface area (Å²) in [5.74, 6) is 0. The Morgan fingerprint density at radius 3 is 1.83 bits per heavy atom. The number of hydrogen-bond acceptors (Lipinski definition) is 3. The molecule has 0 aromatic carbocycles. The predicted octanol–water partition coefficient (Wildman–Crippen LogP) is 3.99. The molecule has 1 saturated carbocycles. The van der Waals surface area contributed by atoms with Crippen molar-refractivity contribution in [2.75, 3.05) is 45.8 Å². The summed E-state index contributed by atoms with van der Waals surface area (Å²) in [6.45, 7) is 19.3. The maximum Gasteiger partial charge on any atom is 0.0113 e. The number of rotatable bonds is 2. The Hall–Kier alpha value is -0.120. The van der Waals surface area contributed by atoms with E-state index in [0.717, 1.165) is 11.5 Å². The van der Waals surface area contributed by atoms with Gasteiger partial charge < -0.3 is 10.2 Å². The smallest absolute Gasteiger partial charge is 0.0113 e. The highest BCUT2D eigenvalue weighted by Gasteiger charge is 2.37. The molecule has 0 radical (unpaired) electrons. The van der Waals surface area contributed by atoms with Crippen LogP contribution < -0.4 is 5.32 Å². The molecule has 3 aliphatic rings. The van der Waals surface area contributed by atoms with Gasteiger partial charge >= 0.3 is 0 Å². The average Bonchev–Trinajstić information content (AvgIpc) is 2.66. The highest BCUT2D eigenvalue weighted by atomic mass is 15.3. The normalized spacial score (nSPS) is 26.0. The second kappa shape index (κ2) is 11.4. The van der Waals surface area contributed by atoms with Gasteiger partial charge in [0.15, 0.2) is 0 Å². The van der Waals surface area contributed by atoms with E-state index in [-0.39, 0.29) is 0 Å². The van der Waals surface area contributed by atoms with E-state index in [1.54, 1.807) is 0 Å². The van der Waals surface area contributed by atoms with E-state index >= 15 is 0 Å². The van der Waals surface area contributed by atoms with Gasteiger partial charge in [-0.25, -0.2) is 0 Å². The molecule has 0 amide bonds. The van der Waals surface area contributed by atoms with Gasteiger partial charge in [-0.05, 0) is 63.6 Å². The molecule has 2 aliphatic heterocycles. The summed E-state index contributed by atoms with van der Waals surface area (Å²) in [5, 5.41) is 3.53. The Bertz CT molecular complexity index is 269. The van der Waals surface area contributed by atoms with Gasteiger partial charge in [0.25, 0.3) is 0 Å². The zero-order chi connectivity index (χ0) is 17.1. The highest BCUT2D eigenvalue weighted by Crippen LogP contribution is 2.44. The van der Waals surface area contributed by atoms with Crippen molar-refractivity contribution in [3.63, 3.8) is 0 Å². The minimum atomic E-state index is 0.729. The minimum absolute atomic E-state index is 0.729. The Morgan fingerprint density at radius 1 is 0.826 bits per heavy atom. The Labute approximate surface area is 146 Å². The van der Waals surface area contributed by atoms with Gasteiger partial charge in [0.2, 0.25) is 0 Å². The van der Waals surface area contributed by atoms with Crippen LogP contribution >= 0.6 is 0 Å². The summed E-state index contributed by atoms with van der Waals surface area (Å²) in [7, 11) is 0. The monoisotopic (exact) mass is 325 g/mol. The molecule has 1 aliphatic carbocycles. The van der Waals surface area contributed by atoms with E-state index in [1.807, 2.05) is 27.7 Å². The molecule has 3 rings (SSSR count). The zero-order valence-electron chi connectivity index (χ0n) is 16.7. The van der Waals surface area contributed by atoms with Gasteiger partial charge in [-0.3, -0.25) is 4.90 Å². The van der Waals surface area contributed by atoms with Crippen LogP contribution in [0.5, 0.6) is 0 Å². The molecule has 3 fully saturated rings. The lowest BCUT2D eigenvalue weighted by Gasteiger charge is -2.47. The molecule has 0 aromatic rings. The van der Waals surface area contributed by atoms with E-state index in [1.165, 1.54) is 84.3 Å². The third-order valence-electron chi connectivity index (χ3n) is 6.05. The Kier molecular flexibility index (Phi) is 10.4. The molecule has 2 heterocycles. The summed E-state index contributed by atoms with van der Waals surface area (Å²) in [4.78, 5) is 5.38. The lowest BCUT2D eigenvalue weighted by molar-refractivity contribution is 0.0377. The minimum Gasteiger partial charge on any atom is -0.317 e. The first-order valence-electron chi connectivity index (χ1n) is 10.5. The van der Waals surface area contributed by atoms with Crippen molar-refractivity contribution in [3.8, 4) is 0 Å². The quantitative estimate of drug-likeness (QED) is 0.828. The van der Waals surface area contributed by atoms with Crippen LogP contribution in [0.15, 0.2) is 0 Å². The van der Waals surface area contributed by atoms with Crippen LogP contribution in [-0.2, 0) is 0 Å². The van der Waals surface area contributed by atoms with Gasteiger partial charge in [0.1, 0.15) is 0 Å². The molecule has 2 saturated heterocycles. The number of hydrogen-bond donors (Lipinski definition) is 1. The van der Waals surface area contributed by atoms with Crippen molar-refractivity contribution in [3.05, 3.63) is 0 Å². The second-order valence-corrected chi connectivity index (χ2v) is 6.95. The predicted molar refractivity (Wildman–Crippen MR) is 103 cm³/mol. The largest absolute Gasteiger partial charge is 0.317 e. The molecule has 0 unspecified atom stereocenters. The topological polar surface area (TPSA) is 18.5 Å². The van der Waals surface area contributed by atoms with E-state index in [2.05, 4.69) is 22.0 Å². The van der Waals surface area contributed by atoms with Gasteiger partial charge in [0, 0.05) is 32.2 Å². The molecule has 138 valence electrons. The number of nitrogens with one attached hydrogen (secondary N) is 1. The molecule has 0 aromatic heterocycles. The zero-order valence-corrected chi connectivity index (χ0v) is 16.7. The number of piperazine rings is 1. The fourth-order valence-corrected chi connectivity index (χ4v) is 4.48. The van der Waals surface area contributed by atoms with E-state index in [9.17, 15) is 0 Å². The first-order valence-corrected chi connectivity index (χ1v) is 10.5. The Balaban J connectivity index is 0.000000615. The van der Waals surface area contributed by atoms with E-state index < -0.39 is 0 Å². The third-order valence-corrected chi connectivity index (χ3v) is 6.05. The highest BCUT2D eigenvalue weighted by molar-refractivity contribution is 4.92. The summed E-state index contributed by atoms with van der Waals surface area (Å²) in [6, 6.07) is 0.902. The first kappa shape index (κ1) is 20.9. The number of piperidine rings is 1. The molecule has 1 spiro atoms. The fourth-order valence-electron chi connectivity index (χ4n) is 4.48. The molecule has 3 nitrogen and oxygen atoms in total. The standard InChI is InChI=1S/C16H31N3.2C2H6/c1-2-18-11-13-19(14-12-18)15-3-5-16(6-4-15)7-9-17-10-8-16;2*1-2/h15,17H,2-14H2,1H3;2*1-2H3. The van der Waals surface area contributed by atoms with Crippen molar-refractivity contribution in [1.29, 1.82) is 0 Å². The molecular weight excluding hydrogens is 282 g/mol. The molecule has 1 N–H and O–H groups in total. The molecular formula is C20H43N3. The van der Waals surface area contributed by atoms with Gasteiger partial charge in [-0.2, -0.15) is 0 Å². The van der Waals surface area contributed by atoms with Crippen molar-refractivity contribution < 1.29 is 0 Å². The van der Waals surface area contributed by atoms with Crippen LogP contribution in [-0.4, -0.2) is 61.7 Å². The summed E-state index contributed by atoms with van der Waals surface area (Å²) < 4.78 is 0. The van der Waals surface area contributed by atoms with Crippen LogP contribution in [0.25, 0.3) is 0 Å². The lowest BCUT2D eigenvalue weighted by Crippen LogP contribution is -2.52. The van der Waals surface area contributed by atoms with Crippen molar-refractivity contribution >= 4 is 0 Å². The second-order valence-electron chi connectivity index (χ2n) is 6.95. The number of likely N-dealkylation sites (N-methyl/N-ethyl adjacent to an activating group) is 1. The van der Waals surface area contributed by atoms with Crippen LogP contribution in [0.3, 0.4) is 0 Å². The summed E-state index contributed by atoms with van der Waals surface area (Å²) in [6.07, 6.45) is 8.78. The molecule has 23 heavy (non-hydrogen) atoms. The average molecular weight is 326 g/mol. The maximum absolute atomic E-state index is 3.53. The van der Waals surface area contributed by atoms with Crippen molar-refractivity contribution in [1.82, 2.24) is 15.1 Å². The van der Waals surface area contributed by atoms with Crippen LogP contribution in [0.4, 0.5) is 0 Å². The van der Waals surface area contributed by atoms with Crippen LogP contribution in [0, 0.1) is 5.41 Å². The summed E-state index contributed by atoms with van der Waals surface area (Å²) in [5.41, 5.74) is 0.729. The van der Waals surface area contributed by atoms with E-state index in [0.29, 0.717) is 0 Å².